The molecule has 20 heavy (non-hydrogen) atoms. The summed E-state index contributed by atoms with van der Waals surface area (Å²) in [5.41, 5.74) is 1.43. The van der Waals surface area contributed by atoms with E-state index in [2.05, 4.69) is 24.0 Å². The zero-order valence-electron chi connectivity index (χ0n) is 12.8. The van der Waals surface area contributed by atoms with Crippen LogP contribution in [-0.4, -0.2) is 37.2 Å². The smallest absolute Gasteiger partial charge is 0.127 e. The van der Waals surface area contributed by atoms with Crippen molar-refractivity contribution in [1.29, 1.82) is 0 Å². The van der Waals surface area contributed by atoms with Crippen molar-refractivity contribution in [2.24, 2.45) is 5.92 Å². The Bertz CT molecular complexity index is 398. The molecule has 2 fully saturated rings. The Morgan fingerprint density at radius 2 is 1.75 bits per heavy atom. The van der Waals surface area contributed by atoms with Gasteiger partial charge in [-0.05, 0) is 31.4 Å². The van der Waals surface area contributed by atoms with E-state index < -0.39 is 0 Å². The lowest BCUT2D eigenvalue weighted by Crippen LogP contribution is -3.29. The van der Waals surface area contributed by atoms with Gasteiger partial charge in [-0.25, -0.2) is 0 Å². The Balaban J connectivity index is 1.49. The fraction of sp³-hybridized carbons (Fsp3) is 0.706. The minimum absolute atomic E-state index is 0.945. The molecule has 3 heteroatoms. The van der Waals surface area contributed by atoms with Gasteiger partial charge < -0.3 is 9.80 Å². The average molecular weight is 275 g/mol. The van der Waals surface area contributed by atoms with Crippen LogP contribution in [0.25, 0.3) is 0 Å². The molecule has 3 rings (SSSR count). The predicted octanol–water partition coefficient (Wildman–Crippen LogP) is -0.0563. The van der Waals surface area contributed by atoms with Gasteiger partial charge in [-0.1, -0.05) is 13.3 Å². The lowest BCUT2D eigenvalue weighted by molar-refractivity contribution is -1.03. The molecule has 1 saturated carbocycles. The Morgan fingerprint density at radius 3 is 2.45 bits per heavy atom. The Labute approximate surface area is 123 Å². The van der Waals surface area contributed by atoms with Crippen LogP contribution in [-0.2, 0) is 6.54 Å². The molecule has 0 aromatic carbocycles. The normalized spacial score (nSPS) is 34.9. The Hall–Kier alpha value is -0.930. The quantitative estimate of drug-likeness (QED) is 0.793. The summed E-state index contributed by atoms with van der Waals surface area (Å²) in [5, 5.41) is 0. The summed E-state index contributed by atoms with van der Waals surface area (Å²) in [5.74, 6) is 0.945. The molecular formula is C17H29N3+2. The first-order valence-electron chi connectivity index (χ1n) is 8.40. The molecule has 2 N–H and O–H groups in total. The highest BCUT2D eigenvalue weighted by atomic mass is 15.3. The fourth-order valence-corrected chi connectivity index (χ4v) is 4.18. The van der Waals surface area contributed by atoms with Gasteiger partial charge in [0.05, 0.1) is 6.04 Å². The zero-order chi connectivity index (χ0) is 13.8. The number of hydrogen-bond acceptors (Lipinski definition) is 1. The van der Waals surface area contributed by atoms with Crippen molar-refractivity contribution in [2.45, 2.75) is 45.2 Å². The van der Waals surface area contributed by atoms with Crippen molar-refractivity contribution in [3.05, 3.63) is 30.1 Å². The monoisotopic (exact) mass is 275 g/mol. The molecule has 1 saturated heterocycles. The summed E-state index contributed by atoms with van der Waals surface area (Å²) in [4.78, 5) is 7.76. The lowest BCUT2D eigenvalue weighted by atomic mass is 9.84. The number of nitrogens with one attached hydrogen (secondary N) is 2. The van der Waals surface area contributed by atoms with E-state index >= 15 is 0 Å². The van der Waals surface area contributed by atoms with Crippen LogP contribution < -0.4 is 9.80 Å². The van der Waals surface area contributed by atoms with Crippen molar-refractivity contribution in [3.8, 4) is 0 Å². The van der Waals surface area contributed by atoms with E-state index in [9.17, 15) is 0 Å². The van der Waals surface area contributed by atoms with Crippen molar-refractivity contribution in [2.75, 3.05) is 26.2 Å². The summed E-state index contributed by atoms with van der Waals surface area (Å²) < 4.78 is 0. The van der Waals surface area contributed by atoms with Gasteiger partial charge >= 0.3 is 0 Å². The largest absolute Gasteiger partial charge is 0.323 e. The number of pyridine rings is 1. The van der Waals surface area contributed by atoms with Crippen molar-refractivity contribution < 1.29 is 9.80 Å². The minimum atomic E-state index is 0.945. The van der Waals surface area contributed by atoms with Gasteiger partial charge in [0.1, 0.15) is 32.7 Å². The predicted molar refractivity (Wildman–Crippen MR) is 80.8 cm³/mol. The first-order valence-corrected chi connectivity index (χ1v) is 8.40. The summed E-state index contributed by atoms with van der Waals surface area (Å²) in [7, 11) is 0. The van der Waals surface area contributed by atoms with Gasteiger partial charge in [-0.2, -0.15) is 0 Å². The number of rotatable bonds is 3. The molecule has 0 radical (unpaired) electrons. The van der Waals surface area contributed by atoms with Crippen LogP contribution in [0.15, 0.2) is 24.5 Å². The molecule has 0 unspecified atom stereocenters. The first kappa shape index (κ1) is 14.0. The summed E-state index contributed by atoms with van der Waals surface area (Å²) >= 11 is 0. The summed E-state index contributed by atoms with van der Waals surface area (Å²) in [6.45, 7) is 9.07. The molecule has 0 spiro atoms. The van der Waals surface area contributed by atoms with Crippen LogP contribution in [0.4, 0.5) is 0 Å². The van der Waals surface area contributed by atoms with Gasteiger partial charge in [0.25, 0.3) is 0 Å². The minimum Gasteiger partial charge on any atom is -0.323 e. The van der Waals surface area contributed by atoms with Gasteiger partial charge in [0.15, 0.2) is 0 Å². The van der Waals surface area contributed by atoms with Crippen molar-refractivity contribution in [3.63, 3.8) is 0 Å². The Kier molecular flexibility index (Phi) is 4.69. The second-order valence-corrected chi connectivity index (χ2v) is 6.81. The first-order chi connectivity index (χ1) is 9.83. The highest BCUT2D eigenvalue weighted by molar-refractivity contribution is 5.07. The highest BCUT2D eigenvalue weighted by Crippen LogP contribution is 2.21. The van der Waals surface area contributed by atoms with E-state index in [1.165, 1.54) is 64.0 Å². The molecule has 2 atom stereocenters. The van der Waals surface area contributed by atoms with Crippen LogP contribution in [0.1, 0.15) is 38.2 Å². The highest BCUT2D eigenvalue weighted by Gasteiger charge is 2.34. The topological polar surface area (TPSA) is 21.8 Å². The van der Waals surface area contributed by atoms with E-state index in [0.717, 1.165) is 12.0 Å². The molecule has 3 nitrogen and oxygen atoms in total. The second kappa shape index (κ2) is 6.68. The van der Waals surface area contributed by atoms with Crippen LogP contribution in [0.2, 0.25) is 0 Å². The molecule has 1 aliphatic carbocycles. The average Bonchev–Trinajstić information content (AvgIpc) is 2.50. The van der Waals surface area contributed by atoms with E-state index in [1.807, 2.05) is 17.3 Å². The van der Waals surface area contributed by atoms with Gasteiger partial charge in [-0.15, -0.1) is 0 Å². The van der Waals surface area contributed by atoms with E-state index in [0.29, 0.717) is 0 Å². The van der Waals surface area contributed by atoms with Crippen LogP contribution in [0.3, 0.4) is 0 Å². The van der Waals surface area contributed by atoms with E-state index in [4.69, 9.17) is 0 Å². The third-order valence-electron chi connectivity index (χ3n) is 5.44. The van der Waals surface area contributed by atoms with E-state index in [-0.39, 0.29) is 0 Å². The number of quaternary nitrogens is 2. The van der Waals surface area contributed by atoms with Crippen LogP contribution in [0.5, 0.6) is 0 Å². The number of nitrogens with zero attached hydrogens (tertiary/aromatic N) is 1. The molecule has 0 amide bonds. The lowest BCUT2D eigenvalue weighted by Gasteiger charge is -2.39. The summed E-state index contributed by atoms with van der Waals surface area (Å²) in [6, 6.07) is 5.27. The Morgan fingerprint density at radius 1 is 1.05 bits per heavy atom. The standard InChI is InChI=1S/C17H27N3/c1-15-4-2-3-5-17(15)20-12-10-19(11-13-20)14-16-6-8-18-9-7-16/h6-9,15,17H,2-5,10-14H2,1H3/p+2/t15-,17+/m1/s1. The number of piperazine rings is 1. The molecule has 1 aromatic rings. The van der Waals surface area contributed by atoms with E-state index in [1.54, 1.807) is 4.90 Å². The zero-order valence-corrected chi connectivity index (χ0v) is 12.8. The third kappa shape index (κ3) is 3.39. The maximum Gasteiger partial charge on any atom is 0.127 e. The fourth-order valence-electron chi connectivity index (χ4n) is 4.18. The van der Waals surface area contributed by atoms with Crippen molar-refractivity contribution >= 4 is 0 Å². The molecular weight excluding hydrogens is 246 g/mol. The van der Waals surface area contributed by atoms with Gasteiger partial charge in [-0.3, -0.25) is 4.98 Å². The maximum absolute atomic E-state index is 4.11. The SMILES string of the molecule is C[C@@H]1CCCC[C@@H]1[NH+]1CC[NH+](Cc2ccncc2)CC1. The molecule has 1 aromatic heterocycles. The second-order valence-electron chi connectivity index (χ2n) is 6.81. The molecule has 0 bridgehead atoms. The van der Waals surface area contributed by atoms with Gasteiger partial charge in [0.2, 0.25) is 0 Å². The number of aromatic nitrogens is 1. The van der Waals surface area contributed by atoms with Crippen molar-refractivity contribution in [1.82, 2.24) is 4.98 Å². The van der Waals surface area contributed by atoms with Gasteiger partial charge in [0, 0.05) is 23.9 Å². The van der Waals surface area contributed by atoms with Crippen LogP contribution in [0, 0.1) is 5.92 Å². The summed E-state index contributed by atoms with van der Waals surface area (Å²) in [6.07, 6.45) is 9.69. The molecule has 1 aliphatic heterocycles. The molecule has 110 valence electrons. The third-order valence-corrected chi connectivity index (χ3v) is 5.44. The number of hydrogen-bond donors (Lipinski definition) is 2. The van der Waals surface area contributed by atoms with Crippen LogP contribution >= 0.6 is 0 Å². The molecule has 2 aliphatic rings. The maximum atomic E-state index is 4.11. The molecule has 2 heterocycles.